The number of cyclic esters (lactones) is 1. The molecule has 6 heteroatoms. The van der Waals surface area contributed by atoms with Crippen LogP contribution >= 0.6 is 0 Å². The lowest BCUT2D eigenvalue weighted by Gasteiger charge is -2.15. The van der Waals surface area contributed by atoms with Crippen molar-refractivity contribution in [3.05, 3.63) is 59.8 Å². The van der Waals surface area contributed by atoms with Crippen molar-refractivity contribution in [3.63, 3.8) is 0 Å². The Kier molecular flexibility index (Phi) is 3.75. The first kappa shape index (κ1) is 17.0. The van der Waals surface area contributed by atoms with Gasteiger partial charge in [0, 0.05) is 18.0 Å². The standard InChI is InChI=1S/C22H22N4O2/c1-4-20-19-10-17-9-15(5-7-18(17)26(19)22(27)28-20)16-6-8-21(23-11-16)25-12-13(2)24-14(25)3/h5-9,11-12,19-20H,4,10H2,1-3H3/t19-,20+/m1/s1. The van der Waals surface area contributed by atoms with Crippen LogP contribution in [0.1, 0.15) is 30.4 Å². The maximum Gasteiger partial charge on any atom is 0.415 e. The van der Waals surface area contributed by atoms with Gasteiger partial charge in [0.15, 0.2) is 0 Å². The second-order valence-electron chi connectivity index (χ2n) is 7.52. The van der Waals surface area contributed by atoms with Crippen LogP contribution in [0.15, 0.2) is 42.7 Å². The summed E-state index contributed by atoms with van der Waals surface area (Å²) in [6, 6.07) is 10.5. The number of rotatable bonds is 3. The largest absolute Gasteiger partial charge is 0.444 e. The van der Waals surface area contributed by atoms with E-state index in [1.165, 1.54) is 5.56 Å². The molecule has 0 bridgehead atoms. The minimum absolute atomic E-state index is 0.0221. The molecule has 2 aromatic heterocycles. The van der Waals surface area contributed by atoms with Gasteiger partial charge in [-0.05, 0) is 62.1 Å². The van der Waals surface area contributed by atoms with E-state index in [2.05, 4.69) is 35.1 Å². The fraction of sp³-hybridized carbons (Fsp3) is 0.318. The first-order chi connectivity index (χ1) is 13.5. The maximum absolute atomic E-state index is 12.2. The van der Waals surface area contributed by atoms with Crippen molar-refractivity contribution in [1.82, 2.24) is 14.5 Å². The molecule has 6 nitrogen and oxygen atoms in total. The van der Waals surface area contributed by atoms with Crippen LogP contribution in [-0.4, -0.2) is 32.8 Å². The minimum Gasteiger partial charge on any atom is -0.444 e. The Balaban J connectivity index is 1.45. The van der Waals surface area contributed by atoms with Crippen molar-refractivity contribution in [2.24, 2.45) is 0 Å². The predicted octanol–water partition coefficient (Wildman–Crippen LogP) is 4.21. The monoisotopic (exact) mass is 374 g/mol. The van der Waals surface area contributed by atoms with Crippen LogP contribution < -0.4 is 4.90 Å². The van der Waals surface area contributed by atoms with Crippen LogP contribution in [0.2, 0.25) is 0 Å². The van der Waals surface area contributed by atoms with Crippen LogP contribution in [-0.2, 0) is 11.2 Å². The van der Waals surface area contributed by atoms with Crippen LogP contribution in [0.4, 0.5) is 10.5 Å². The van der Waals surface area contributed by atoms with Gasteiger partial charge in [-0.2, -0.15) is 0 Å². The van der Waals surface area contributed by atoms with Crippen LogP contribution in [0.25, 0.3) is 16.9 Å². The lowest BCUT2D eigenvalue weighted by atomic mass is 10.0. The molecule has 1 fully saturated rings. The number of aromatic nitrogens is 3. The van der Waals surface area contributed by atoms with E-state index in [-0.39, 0.29) is 18.2 Å². The van der Waals surface area contributed by atoms with Crippen molar-refractivity contribution >= 4 is 11.8 Å². The third kappa shape index (κ3) is 2.52. The average molecular weight is 374 g/mol. The predicted molar refractivity (Wildman–Crippen MR) is 107 cm³/mol. The molecule has 3 aromatic rings. The number of carbonyl (C=O) groups is 1. The van der Waals surface area contributed by atoms with Gasteiger partial charge in [0.2, 0.25) is 0 Å². The summed E-state index contributed by atoms with van der Waals surface area (Å²) in [7, 11) is 0. The normalized spacial score (nSPS) is 20.2. The Bertz CT molecular complexity index is 1070. The van der Waals surface area contributed by atoms with Crippen LogP contribution in [0.3, 0.4) is 0 Å². The van der Waals surface area contributed by atoms with E-state index in [1.54, 1.807) is 0 Å². The van der Waals surface area contributed by atoms with Crippen LogP contribution in [0, 0.1) is 13.8 Å². The van der Waals surface area contributed by atoms with E-state index in [9.17, 15) is 4.79 Å². The van der Waals surface area contributed by atoms with Gasteiger partial charge >= 0.3 is 6.09 Å². The molecule has 2 aliphatic heterocycles. The summed E-state index contributed by atoms with van der Waals surface area (Å²) in [6.45, 7) is 6.02. The van der Waals surface area contributed by atoms with E-state index in [4.69, 9.17) is 4.74 Å². The molecule has 0 radical (unpaired) electrons. The summed E-state index contributed by atoms with van der Waals surface area (Å²) < 4.78 is 7.48. The first-order valence-electron chi connectivity index (χ1n) is 9.67. The number of fused-ring (bicyclic) bond motifs is 3. The highest BCUT2D eigenvalue weighted by atomic mass is 16.6. The number of benzene rings is 1. The number of hydrogen-bond donors (Lipinski definition) is 0. The molecule has 4 heterocycles. The zero-order valence-corrected chi connectivity index (χ0v) is 16.2. The smallest absolute Gasteiger partial charge is 0.415 e. The second-order valence-corrected chi connectivity index (χ2v) is 7.52. The lowest BCUT2D eigenvalue weighted by Crippen LogP contribution is -2.32. The molecular weight excluding hydrogens is 352 g/mol. The Hall–Kier alpha value is -3.15. The quantitative estimate of drug-likeness (QED) is 0.689. The van der Waals surface area contributed by atoms with Gasteiger partial charge in [-0.3, -0.25) is 9.47 Å². The van der Waals surface area contributed by atoms with E-state index < -0.39 is 0 Å². The van der Waals surface area contributed by atoms with Crippen molar-refractivity contribution in [2.75, 3.05) is 4.90 Å². The van der Waals surface area contributed by atoms with Crippen molar-refractivity contribution in [2.45, 2.75) is 45.8 Å². The summed E-state index contributed by atoms with van der Waals surface area (Å²) in [6.07, 6.45) is 5.32. The summed E-state index contributed by atoms with van der Waals surface area (Å²) in [5.74, 6) is 1.78. The van der Waals surface area contributed by atoms with Gasteiger partial charge in [-0.15, -0.1) is 0 Å². The number of imidazole rings is 1. The van der Waals surface area contributed by atoms with Gasteiger partial charge in [0.05, 0.1) is 17.4 Å². The number of pyridine rings is 1. The molecular formula is C22H22N4O2. The highest BCUT2D eigenvalue weighted by Crippen LogP contribution is 2.41. The van der Waals surface area contributed by atoms with Gasteiger partial charge in [0.1, 0.15) is 17.7 Å². The molecule has 0 spiro atoms. The van der Waals surface area contributed by atoms with Crippen molar-refractivity contribution < 1.29 is 9.53 Å². The summed E-state index contributed by atoms with van der Waals surface area (Å²) >= 11 is 0. The molecule has 5 rings (SSSR count). The van der Waals surface area contributed by atoms with Crippen molar-refractivity contribution in [1.29, 1.82) is 0 Å². The van der Waals surface area contributed by atoms with E-state index >= 15 is 0 Å². The summed E-state index contributed by atoms with van der Waals surface area (Å²) in [5.41, 5.74) is 5.32. The van der Waals surface area contributed by atoms with Gasteiger partial charge < -0.3 is 4.74 Å². The molecule has 2 atom stereocenters. The number of carbonyl (C=O) groups excluding carboxylic acids is 1. The SMILES string of the molecule is CC[C@@H]1OC(=O)N2c3ccc(-c4ccc(-n5cc(C)nc5C)nc4)cc3C[C@H]12. The Morgan fingerprint density at radius 3 is 2.68 bits per heavy atom. The maximum atomic E-state index is 12.2. The first-order valence-corrected chi connectivity index (χ1v) is 9.67. The fourth-order valence-electron chi connectivity index (χ4n) is 4.36. The molecule has 28 heavy (non-hydrogen) atoms. The number of amides is 1. The molecule has 0 N–H and O–H groups in total. The van der Waals surface area contributed by atoms with E-state index in [1.807, 2.05) is 47.8 Å². The number of anilines is 1. The fourth-order valence-corrected chi connectivity index (χ4v) is 4.36. The number of ether oxygens (including phenoxy) is 1. The number of nitrogens with zero attached hydrogens (tertiary/aromatic N) is 4. The minimum atomic E-state index is -0.222. The zero-order valence-electron chi connectivity index (χ0n) is 16.2. The Morgan fingerprint density at radius 2 is 2.00 bits per heavy atom. The Morgan fingerprint density at radius 1 is 1.18 bits per heavy atom. The average Bonchev–Trinajstić information content (AvgIpc) is 3.33. The molecule has 1 saturated heterocycles. The van der Waals surface area contributed by atoms with E-state index in [0.29, 0.717) is 0 Å². The second kappa shape index (κ2) is 6.19. The highest BCUT2D eigenvalue weighted by Gasteiger charge is 2.46. The Labute approximate surface area is 163 Å². The number of hydrogen-bond acceptors (Lipinski definition) is 4. The highest BCUT2D eigenvalue weighted by molar-refractivity contribution is 5.94. The number of aryl methyl sites for hydroxylation is 2. The van der Waals surface area contributed by atoms with Crippen LogP contribution in [0.5, 0.6) is 0 Å². The summed E-state index contributed by atoms with van der Waals surface area (Å²) in [4.78, 5) is 23.1. The lowest BCUT2D eigenvalue weighted by molar-refractivity contribution is 0.129. The van der Waals surface area contributed by atoms with Gasteiger partial charge in [-0.1, -0.05) is 13.0 Å². The van der Waals surface area contributed by atoms with Crippen molar-refractivity contribution in [3.8, 4) is 16.9 Å². The van der Waals surface area contributed by atoms with E-state index in [0.717, 1.165) is 47.0 Å². The molecule has 0 unspecified atom stereocenters. The zero-order chi connectivity index (χ0) is 19.4. The topological polar surface area (TPSA) is 60.2 Å². The third-order valence-electron chi connectivity index (χ3n) is 5.71. The summed E-state index contributed by atoms with van der Waals surface area (Å²) in [5, 5.41) is 0. The van der Waals surface area contributed by atoms with Gasteiger partial charge in [0.25, 0.3) is 0 Å². The molecule has 0 saturated carbocycles. The third-order valence-corrected chi connectivity index (χ3v) is 5.71. The molecule has 2 aliphatic rings. The molecule has 142 valence electrons. The molecule has 0 aliphatic carbocycles. The molecule has 1 amide bonds. The van der Waals surface area contributed by atoms with Gasteiger partial charge in [-0.25, -0.2) is 14.8 Å². The molecule has 1 aromatic carbocycles.